The van der Waals surface area contributed by atoms with Gasteiger partial charge in [0.05, 0.1) is 0 Å². The SMILES string of the molecule is CCCCCCCCCCCCCCCCCCCCCCCCCCCCCCc1cccs1. The lowest BCUT2D eigenvalue weighted by Gasteiger charge is -2.04. The fraction of sp³-hybridized carbons (Fsp3) is 0.882. The Balaban J connectivity index is 1.61. The van der Waals surface area contributed by atoms with E-state index in [2.05, 4.69) is 24.4 Å². The normalized spacial score (nSPS) is 11.5. The maximum atomic E-state index is 2.31. The Morgan fingerprint density at radius 3 is 0.943 bits per heavy atom. The summed E-state index contributed by atoms with van der Waals surface area (Å²) in [6.45, 7) is 2.31. The lowest BCUT2D eigenvalue weighted by molar-refractivity contribution is 0.514. The second-order valence-corrected chi connectivity index (χ2v) is 12.4. The number of thiophene rings is 1. The molecule has 0 radical (unpaired) electrons. The molecule has 0 aliphatic heterocycles. The zero-order valence-electron chi connectivity index (χ0n) is 24.1. The second kappa shape index (κ2) is 28.3. The summed E-state index contributed by atoms with van der Waals surface area (Å²) in [7, 11) is 0. The standard InChI is InChI=1S/C34H64S/c1-2-3-4-5-6-7-8-9-10-11-12-13-14-15-16-17-18-19-20-21-22-23-24-25-26-27-28-29-31-34-32-30-33-35-34/h30,32-33H,2-29,31H2,1H3. The van der Waals surface area contributed by atoms with Gasteiger partial charge in [0.15, 0.2) is 0 Å². The molecule has 1 aromatic rings. The molecule has 1 heterocycles. The molecule has 0 atom stereocenters. The minimum atomic E-state index is 1.30. The molecule has 0 spiro atoms. The van der Waals surface area contributed by atoms with Gasteiger partial charge in [-0.1, -0.05) is 186 Å². The molecule has 0 amide bonds. The predicted octanol–water partition coefficient (Wildman–Crippen LogP) is 13.2. The number of hydrogen-bond acceptors (Lipinski definition) is 1. The van der Waals surface area contributed by atoms with Crippen LogP contribution in [0.5, 0.6) is 0 Å². The smallest absolute Gasteiger partial charge is 0.00452 e. The molecule has 0 unspecified atom stereocenters. The molecule has 206 valence electrons. The summed E-state index contributed by atoms with van der Waals surface area (Å²) in [6.07, 6.45) is 42.5. The molecule has 0 saturated carbocycles. The molecule has 0 aliphatic rings. The predicted molar refractivity (Wildman–Crippen MR) is 163 cm³/mol. The van der Waals surface area contributed by atoms with Crippen molar-refractivity contribution in [2.45, 2.75) is 193 Å². The molecule has 0 fully saturated rings. The average molecular weight is 505 g/mol. The van der Waals surface area contributed by atoms with Gasteiger partial charge in [-0.3, -0.25) is 0 Å². The molecule has 1 heteroatoms. The van der Waals surface area contributed by atoms with Crippen molar-refractivity contribution in [2.75, 3.05) is 0 Å². The quantitative estimate of drug-likeness (QED) is 0.0951. The van der Waals surface area contributed by atoms with E-state index in [1.165, 1.54) is 186 Å². The van der Waals surface area contributed by atoms with Crippen LogP contribution in [0.3, 0.4) is 0 Å². The van der Waals surface area contributed by atoms with Crippen LogP contribution in [0, 0.1) is 0 Å². The molecule has 0 N–H and O–H groups in total. The van der Waals surface area contributed by atoms with E-state index in [4.69, 9.17) is 0 Å². The van der Waals surface area contributed by atoms with Crippen LogP contribution in [0.2, 0.25) is 0 Å². The highest BCUT2D eigenvalue weighted by atomic mass is 32.1. The molecule has 0 aliphatic carbocycles. The minimum absolute atomic E-state index is 1.30. The average Bonchev–Trinajstić information content (AvgIpc) is 3.39. The fourth-order valence-electron chi connectivity index (χ4n) is 5.42. The zero-order chi connectivity index (χ0) is 24.9. The van der Waals surface area contributed by atoms with E-state index in [0.29, 0.717) is 0 Å². The van der Waals surface area contributed by atoms with E-state index in [0.717, 1.165) is 0 Å². The van der Waals surface area contributed by atoms with Crippen LogP contribution in [0.1, 0.15) is 192 Å². The van der Waals surface area contributed by atoms with Crippen LogP contribution in [-0.4, -0.2) is 0 Å². The van der Waals surface area contributed by atoms with Gasteiger partial charge >= 0.3 is 0 Å². The van der Waals surface area contributed by atoms with Gasteiger partial charge in [-0.2, -0.15) is 0 Å². The first-order chi connectivity index (χ1) is 17.4. The lowest BCUT2D eigenvalue weighted by atomic mass is 10.0. The first-order valence-electron chi connectivity index (χ1n) is 16.5. The van der Waals surface area contributed by atoms with Crippen LogP contribution in [-0.2, 0) is 6.42 Å². The van der Waals surface area contributed by atoms with Crippen molar-refractivity contribution in [1.82, 2.24) is 0 Å². The first-order valence-corrected chi connectivity index (χ1v) is 17.3. The summed E-state index contributed by atoms with van der Waals surface area (Å²) in [5, 5.41) is 2.21. The molecule has 0 bridgehead atoms. The number of aryl methyl sites for hydroxylation is 1. The molecule has 35 heavy (non-hydrogen) atoms. The van der Waals surface area contributed by atoms with Gasteiger partial charge in [0.1, 0.15) is 0 Å². The molecule has 0 saturated heterocycles. The van der Waals surface area contributed by atoms with Gasteiger partial charge < -0.3 is 0 Å². The van der Waals surface area contributed by atoms with Gasteiger partial charge in [0.25, 0.3) is 0 Å². The third-order valence-electron chi connectivity index (χ3n) is 7.86. The van der Waals surface area contributed by atoms with Gasteiger partial charge in [-0.15, -0.1) is 11.3 Å². The summed E-state index contributed by atoms with van der Waals surface area (Å²) < 4.78 is 0. The Bertz CT molecular complexity index is 477. The summed E-state index contributed by atoms with van der Waals surface area (Å²) in [6, 6.07) is 4.47. The van der Waals surface area contributed by atoms with Gasteiger partial charge in [-0.05, 0) is 24.3 Å². The highest BCUT2D eigenvalue weighted by Crippen LogP contribution is 2.17. The first kappa shape index (κ1) is 32.7. The monoisotopic (exact) mass is 504 g/mol. The van der Waals surface area contributed by atoms with Crippen LogP contribution in [0.25, 0.3) is 0 Å². The zero-order valence-corrected chi connectivity index (χ0v) is 25.0. The largest absolute Gasteiger partial charge is 0.149 e. The molecule has 1 aromatic heterocycles. The van der Waals surface area contributed by atoms with Crippen LogP contribution in [0.4, 0.5) is 0 Å². The molecule has 1 rings (SSSR count). The number of rotatable bonds is 29. The highest BCUT2D eigenvalue weighted by molar-refractivity contribution is 7.09. The summed E-state index contributed by atoms with van der Waals surface area (Å²) in [5.74, 6) is 0. The Kier molecular flexibility index (Phi) is 26.4. The third kappa shape index (κ3) is 25.1. The highest BCUT2D eigenvalue weighted by Gasteiger charge is 1.97. The van der Waals surface area contributed by atoms with Crippen molar-refractivity contribution in [3.63, 3.8) is 0 Å². The molecule has 0 aromatic carbocycles. The Morgan fingerprint density at radius 1 is 0.400 bits per heavy atom. The van der Waals surface area contributed by atoms with E-state index in [-0.39, 0.29) is 0 Å². The minimum Gasteiger partial charge on any atom is -0.149 e. The molecule has 0 nitrogen and oxygen atoms in total. The van der Waals surface area contributed by atoms with Crippen molar-refractivity contribution in [3.8, 4) is 0 Å². The van der Waals surface area contributed by atoms with E-state index in [1.807, 2.05) is 11.3 Å². The van der Waals surface area contributed by atoms with E-state index < -0.39 is 0 Å². The van der Waals surface area contributed by atoms with Gasteiger partial charge in [-0.25, -0.2) is 0 Å². The fourth-order valence-corrected chi connectivity index (χ4v) is 6.17. The van der Waals surface area contributed by atoms with Crippen LogP contribution >= 0.6 is 11.3 Å². The summed E-state index contributed by atoms with van der Waals surface area (Å²) in [4.78, 5) is 1.57. The van der Waals surface area contributed by atoms with Crippen LogP contribution < -0.4 is 0 Å². The summed E-state index contributed by atoms with van der Waals surface area (Å²) in [5.41, 5.74) is 0. The Morgan fingerprint density at radius 2 is 0.686 bits per heavy atom. The summed E-state index contributed by atoms with van der Waals surface area (Å²) >= 11 is 1.92. The van der Waals surface area contributed by atoms with Gasteiger partial charge in [0, 0.05) is 4.88 Å². The maximum absolute atomic E-state index is 2.31. The molecular formula is C34H64S. The van der Waals surface area contributed by atoms with E-state index in [9.17, 15) is 0 Å². The Hall–Kier alpha value is -0.300. The molecular weight excluding hydrogens is 440 g/mol. The van der Waals surface area contributed by atoms with Crippen molar-refractivity contribution >= 4 is 11.3 Å². The topological polar surface area (TPSA) is 0 Å². The number of unbranched alkanes of at least 4 members (excludes halogenated alkanes) is 27. The van der Waals surface area contributed by atoms with Crippen molar-refractivity contribution in [3.05, 3.63) is 22.4 Å². The number of hydrogen-bond donors (Lipinski definition) is 0. The Labute approximate surface area is 226 Å². The maximum Gasteiger partial charge on any atom is 0.00452 e. The van der Waals surface area contributed by atoms with Crippen molar-refractivity contribution < 1.29 is 0 Å². The van der Waals surface area contributed by atoms with Crippen molar-refractivity contribution in [1.29, 1.82) is 0 Å². The third-order valence-corrected chi connectivity index (χ3v) is 8.79. The second-order valence-electron chi connectivity index (χ2n) is 11.4. The lowest BCUT2D eigenvalue weighted by Crippen LogP contribution is -1.85. The van der Waals surface area contributed by atoms with Crippen molar-refractivity contribution in [2.24, 2.45) is 0 Å². The van der Waals surface area contributed by atoms with E-state index >= 15 is 0 Å². The van der Waals surface area contributed by atoms with Crippen LogP contribution in [0.15, 0.2) is 17.5 Å². The van der Waals surface area contributed by atoms with Gasteiger partial charge in [0.2, 0.25) is 0 Å². The van der Waals surface area contributed by atoms with E-state index in [1.54, 1.807) is 4.88 Å².